The third-order valence-electron chi connectivity index (χ3n) is 3.34. The Hall–Kier alpha value is -1.06. The van der Waals surface area contributed by atoms with Gasteiger partial charge in [-0.3, -0.25) is 9.09 Å². The van der Waals surface area contributed by atoms with Gasteiger partial charge in [0.2, 0.25) is 0 Å². The summed E-state index contributed by atoms with van der Waals surface area (Å²) in [6, 6.07) is 0.299. The zero-order chi connectivity index (χ0) is 10.8. The van der Waals surface area contributed by atoms with E-state index in [-0.39, 0.29) is 5.76 Å². The summed E-state index contributed by atoms with van der Waals surface area (Å²) in [5.74, 6) is 1.09. The minimum Gasteiger partial charge on any atom is -0.296 e. The van der Waals surface area contributed by atoms with Crippen LogP contribution in [0.4, 0.5) is 0 Å². The number of hydrogen-bond donors (Lipinski definition) is 0. The van der Waals surface area contributed by atoms with E-state index >= 15 is 0 Å². The van der Waals surface area contributed by atoms with Gasteiger partial charge in [0, 0.05) is 12.5 Å². The third kappa shape index (κ3) is 1.85. The number of nitrogens with zero attached hydrogens (tertiary/aromatic N) is 2. The maximum Gasteiger partial charge on any atom is 0.441 e. The molecule has 0 saturated heterocycles. The van der Waals surface area contributed by atoms with Crippen molar-refractivity contribution in [1.29, 1.82) is 0 Å². The van der Waals surface area contributed by atoms with Gasteiger partial charge in [0.15, 0.2) is 5.82 Å². The Bertz CT molecular complexity index is 380. The lowest BCUT2D eigenvalue weighted by Gasteiger charge is -2.27. The van der Waals surface area contributed by atoms with Crippen molar-refractivity contribution in [2.75, 3.05) is 0 Å². The van der Waals surface area contributed by atoms with E-state index in [0.29, 0.717) is 12.0 Å². The third-order valence-corrected chi connectivity index (χ3v) is 3.34. The van der Waals surface area contributed by atoms with Crippen LogP contribution < -0.4 is 5.76 Å². The summed E-state index contributed by atoms with van der Waals surface area (Å²) in [6.45, 7) is 4.39. The van der Waals surface area contributed by atoms with E-state index in [1.54, 1.807) is 4.57 Å². The zero-order valence-electron chi connectivity index (χ0n) is 9.40. The van der Waals surface area contributed by atoms with E-state index in [1.165, 1.54) is 0 Å². The van der Waals surface area contributed by atoms with Gasteiger partial charge in [0.05, 0.1) is 0 Å². The molecule has 1 aliphatic heterocycles. The molecule has 1 aromatic rings. The van der Waals surface area contributed by atoms with E-state index in [9.17, 15) is 4.79 Å². The highest BCUT2D eigenvalue weighted by Crippen LogP contribution is 2.30. The van der Waals surface area contributed by atoms with Gasteiger partial charge in [0.1, 0.15) is 0 Å². The summed E-state index contributed by atoms with van der Waals surface area (Å²) >= 11 is 0. The van der Waals surface area contributed by atoms with Crippen molar-refractivity contribution < 1.29 is 4.52 Å². The van der Waals surface area contributed by atoms with Crippen LogP contribution in [0.15, 0.2) is 9.32 Å². The van der Waals surface area contributed by atoms with Crippen LogP contribution >= 0.6 is 0 Å². The van der Waals surface area contributed by atoms with Gasteiger partial charge in [-0.1, -0.05) is 25.4 Å². The highest BCUT2D eigenvalue weighted by atomic mass is 16.5. The van der Waals surface area contributed by atoms with E-state index in [4.69, 9.17) is 4.52 Å². The molecular formula is C11H18N2O2. The summed E-state index contributed by atoms with van der Waals surface area (Å²) < 4.78 is 6.50. The molecule has 1 aromatic heterocycles. The smallest absolute Gasteiger partial charge is 0.296 e. The number of aryl methyl sites for hydroxylation is 1. The van der Waals surface area contributed by atoms with Crippen molar-refractivity contribution in [2.24, 2.45) is 5.92 Å². The van der Waals surface area contributed by atoms with Crippen LogP contribution in [0.5, 0.6) is 0 Å². The molecule has 0 fully saturated rings. The number of aromatic nitrogens is 2. The molecule has 0 aliphatic carbocycles. The van der Waals surface area contributed by atoms with Gasteiger partial charge in [-0.2, -0.15) is 0 Å². The number of rotatable bonds is 3. The normalized spacial score (nSPS) is 22.4. The second kappa shape index (κ2) is 4.21. The maximum absolute atomic E-state index is 11.5. The van der Waals surface area contributed by atoms with E-state index < -0.39 is 0 Å². The zero-order valence-corrected chi connectivity index (χ0v) is 9.40. The Morgan fingerprint density at radius 2 is 2.47 bits per heavy atom. The topological polar surface area (TPSA) is 48.0 Å². The lowest BCUT2D eigenvalue weighted by atomic mass is 9.90. The first kappa shape index (κ1) is 10.5. The first-order valence-electron chi connectivity index (χ1n) is 5.81. The van der Waals surface area contributed by atoms with Crippen molar-refractivity contribution in [3.05, 3.63) is 16.4 Å². The van der Waals surface area contributed by atoms with Crippen molar-refractivity contribution >= 4 is 0 Å². The molecule has 0 radical (unpaired) electrons. The number of fused-ring (bicyclic) bond motifs is 1. The Labute approximate surface area is 89.3 Å². The minimum atomic E-state index is -0.280. The molecule has 4 nitrogen and oxygen atoms in total. The summed E-state index contributed by atoms with van der Waals surface area (Å²) in [4.78, 5) is 11.5. The van der Waals surface area contributed by atoms with Gasteiger partial charge in [-0.05, 0) is 25.2 Å². The highest BCUT2D eigenvalue weighted by molar-refractivity contribution is 4.94. The van der Waals surface area contributed by atoms with Crippen molar-refractivity contribution in [2.45, 2.75) is 52.0 Å². The average molecular weight is 210 g/mol. The van der Waals surface area contributed by atoms with Crippen molar-refractivity contribution in [3.8, 4) is 0 Å². The standard InChI is InChI=1S/C11H18N2O2/c1-3-5-8(2)9-6-4-7-10-12-15-11(14)13(9)10/h8-9H,3-7H2,1-2H3. The molecule has 2 unspecified atom stereocenters. The fourth-order valence-electron chi connectivity index (χ4n) is 2.56. The Morgan fingerprint density at radius 1 is 1.67 bits per heavy atom. The molecule has 84 valence electrons. The van der Waals surface area contributed by atoms with Crippen LogP contribution in [0, 0.1) is 5.92 Å². The van der Waals surface area contributed by atoms with Gasteiger partial charge in [-0.15, -0.1) is 0 Å². The molecule has 0 spiro atoms. The Balaban J connectivity index is 2.28. The fraction of sp³-hybridized carbons (Fsp3) is 0.818. The van der Waals surface area contributed by atoms with Crippen LogP contribution in [0.2, 0.25) is 0 Å². The SMILES string of the molecule is CCCC(C)C1CCCc2noc(=O)n21. The summed E-state index contributed by atoms with van der Waals surface area (Å²) in [5, 5.41) is 3.82. The van der Waals surface area contributed by atoms with Crippen molar-refractivity contribution in [1.82, 2.24) is 9.72 Å². The summed E-state index contributed by atoms with van der Waals surface area (Å²) in [6.07, 6.45) is 5.38. The van der Waals surface area contributed by atoms with Crippen LogP contribution in [-0.2, 0) is 6.42 Å². The molecule has 1 aliphatic rings. The molecule has 0 bridgehead atoms. The first-order valence-corrected chi connectivity index (χ1v) is 5.81. The molecule has 2 atom stereocenters. The lowest BCUT2D eigenvalue weighted by molar-refractivity contribution is 0.266. The predicted molar refractivity (Wildman–Crippen MR) is 56.8 cm³/mol. The maximum atomic E-state index is 11.5. The molecule has 0 saturated carbocycles. The molecule has 2 heterocycles. The summed E-state index contributed by atoms with van der Waals surface area (Å²) in [5.41, 5.74) is 0. The Morgan fingerprint density at radius 3 is 3.20 bits per heavy atom. The van der Waals surface area contributed by atoms with Crippen LogP contribution in [-0.4, -0.2) is 9.72 Å². The molecular weight excluding hydrogens is 192 g/mol. The molecule has 15 heavy (non-hydrogen) atoms. The average Bonchev–Trinajstić information content (AvgIpc) is 2.61. The highest BCUT2D eigenvalue weighted by Gasteiger charge is 2.28. The predicted octanol–water partition coefficient (Wildman–Crippen LogP) is 2.15. The van der Waals surface area contributed by atoms with Crippen LogP contribution in [0.25, 0.3) is 0 Å². The quantitative estimate of drug-likeness (QED) is 0.768. The van der Waals surface area contributed by atoms with Gasteiger partial charge in [-0.25, -0.2) is 4.79 Å². The largest absolute Gasteiger partial charge is 0.441 e. The lowest BCUT2D eigenvalue weighted by Crippen LogP contribution is -2.30. The number of hydrogen-bond acceptors (Lipinski definition) is 3. The summed E-state index contributed by atoms with van der Waals surface area (Å²) in [7, 11) is 0. The fourth-order valence-corrected chi connectivity index (χ4v) is 2.56. The van der Waals surface area contributed by atoms with E-state index in [2.05, 4.69) is 19.0 Å². The Kier molecular flexibility index (Phi) is 2.93. The van der Waals surface area contributed by atoms with Gasteiger partial charge in [0.25, 0.3) is 0 Å². The molecule has 0 amide bonds. The van der Waals surface area contributed by atoms with Gasteiger partial charge >= 0.3 is 5.76 Å². The van der Waals surface area contributed by atoms with Crippen molar-refractivity contribution in [3.63, 3.8) is 0 Å². The monoisotopic (exact) mass is 210 g/mol. The first-order chi connectivity index (χ1) is 7.24. The van der Waals surface area contributed by atoms with E-state index in [0.717, 1.165) is 37.9 Å². The van der Waals surface area contributed by atoms with Gasteiger partial charge < -0.3 is 0 Å². The molecule has 4 heteroatoms. The second-order valence-corrected chi connectivity index (χ2v) is 4.46. The molecule has 2 rings (SSSR count). The van der Waals surface area contributed by atoms with Crippen LogP contribution in [0.1, 0.15) is 51.4 Å². The second-order valence-electron chi connectivity index (χ2n) is 4.46. The minimum absolute atomic E-state index is 0.280. The molecule has 0 N–H and O–H groups in total. The molecule has 0 aromatic carbocycles. The van der Waals surface area contributed by atoms with E-state index in [1.807, 2.05) is 0 Å². The van der Waals surface area contributed by atoms with Crippen LogP contribution in [0.3, 0.4) is 0 Å².